The molecule has 2 aliphatic rings. The summed E-state index contributed by atoms with van der Waals surface area (Å²) in [5.41, 5.74) is 1.69. The first-order valence-electron chi connectivity index (χ1n) is 13.1. The van der Waals surface area contributed by atoms with Crippen LogP contribution in [0.3, 0.4) is 0 Å². The van der Waals surface area contributed by atoms with Gasteiger partial charge in [0.2, 0.25) is 5.91 Å². The summed E-state index contributed by atoms with van der Waals surface area (Å²) >= 11 is 0. The van der Waals surface area contributed by atoms with Crippen LogP contribution in [0.1, 0.15) is 46.6 Å². The Morgan fingerprint density at radius 1 is 1.34 bits per heavy atom. The molecular formula is C29H42N6O3. The van der Waals surface area contributed by atoms with E-state index in [0.29, 0.717) is 32.6 Å². The lowest BCUT2D eigenvalue weighted by Gasteiger charge is -2.46. The van der Waals surface area contributed by atoms with Crippen molar-refractivity contribution in [2.24, 2.45) is 11.3 Å². The number of nitriles is 1. The molecule has 1 aromatic rings. The Labute approximate surface area is 227 Å². The lowest BCUT2D eigenvalue weighted by molar-refractivity contribution is -0.134. The molecule has 0 aromatic heterocycles. The van der Waals surface area contributed by atoms with E-state index >= 15 is 0 Å². The van der Waals surface area contributed by atoms with Gasteiger partial charge in [-0.1, -0.05) is 6.58 Å². The van der Waals surface area contributed by atoms with Crippen LogP contribution in [0.4, 0.5) is 16.2 Å². The molecule has 1 aromatic carbocycles. The summed E-state index contributed by atoms with van der Waals surface area (Å²) in [7, 11) is 3.79. The maximum Gasteiger partial charge on any atom is 0.410 e. The molecule has 1 unspecified atom stereocenters. The SMILES string of the molecule is C=CN(C)Cc1cc(N2CCC3(CN(C(=O)OC(C)(C)C)C3)C2=O)ccc1N(/C=C\NC)[C@@H](C)C(C)C#N. The zero-order valence-corrected chi connectivity index (χ0v) is 23.8. The molecule has 2 fully saturated rings. The first kappa shape index (κ1) is 28.9. The van der Waals surface area contributed by atoms with E-state index in [1.165, 1.54) is 0 Å². The van der Waals surface area contributed by atoms with Crippen molar-refractivity contribution in [3.05, 3.63) is 48.9 Å². The molecule has 0 bridgehead atoms. The van der Waals surface area contributed by atoms with Gasteiger partial charge < -0.3 is 29.7 Å². The van der Waals surface area contributed by atoms with E-state index < -0.39 is 11.0 Å². The molecule has 2 aliphatic heterocycles. The fourth-order valence-electron chi connectivity index (χ4n) is 4.89. The van der Waals surface area contributed by atoms with E-state index in [4.69, 9.17) is 4.74 Å². The number of anilines is 2. The summed E-state index contributed by atoms with van der Waals surface area (Å²) in [5.74, 6) is -0.154. The fraction of sp³-hybridized carbons (Fsp3) is 0.552. The van der Waals surface area contributed by atoms with Crippen LogP contribution >= 0.6 is 0 Å². The minimum Gasteiger partial charge on any atom is -0.444 e. The second-order valence-electron chi connectivity index (χ2n) is 11.4. The van der Waals surface area contributed by atoms with Crippen LogP contribution in [0.5, 0.6) is 0 Å². The predicted octanol–water partition coefficient (Wildman–Crippen LogP) is 4.28. The minimum absolute atomic E-state index is 0.0477. The van der Waals surface area contributed by atoms with Crippen molar-refractivity contribution in [3.63, 3.8) is 0 Å². The highest BCUT2D eigenvalue weighted by molar-refractivity contribution is 6.02. The largest absolute Gasteiger partial charge is 0.444 e. The number of carbonyl (C=O) groups is 2. The summed E-state index contributed by atoms with van der Waals surface area (Å²) in [6.07, 6.45) is 5.88. The predicted molar refractivity (Wildman–Crippen MR) is 150 cm³/mol. The number of benzene rings is 1. The normalized spacial score (nSPS) is 18.1. The van der Waals surface area contributed by atoms with Crippen molar-refractivity contribution in [2.75, 3.05) is 43.5 Å². The summed E-state index contributed by atoms with van der Waals surface area (Å²) in [5, 5.41) is 12.6. The number of nitrogens with one attached hydrogen (secondary N) is 1. The van der Waals surface area contributed by atoms with Gasteiger partial charge in [0.15, 0.2) is 0 Å². The van der Waals surface area contributed by atoms with Gasteiger partial charge >= 0.3 is 6.09 Å². The highest BCUT2D eigenvalue weighted by atomic mass is 16.6. The number of ether oxygens (including phenoxy) is 1. The zero-order valence-electron chi connectivity index (χ0n) is 23.8. The van der Waals surface area contributed by atoms with E-state index in [0.717, 1.165) is 16.9 Å². The van der Waals surface area contributed by atoms with Crippen molar-refractivity contribution in [3.8, 4) is 6.07 Å². The molecule has 1 N–H and O–H groups in total. The Hall–Kier alpha value is -3.67. The van der Waals surface area contributed by atoms with Gasteiger partial charge in [-0.2, -0.15) is 5.26 Å². The molecule has 2 amide bonds. The number of hydrogen-bond acceptors (Lipinski definition) is 7. The molecule has 38 heavy (non-hydrogen) atoms. The number of hydrogen-bond donors (Lipinski definition) is 1. The van der Waals surface area contributed by atoms with Gasteiger partial charge in [0.05, 0.1) is 17.4 Å². The summed E-state index contributed by atoms with van der Waals surface area (Å²) < 4.78 is 5.48. The van der Waals surface area contributed by atoms with Gasteiger partial charge in [-0.05, 0) is 71.0 Å². The van der Waals surface area contributed by atoms with Gasteiger partial charge in [-0.25, -0.2) is 4.79 Å². The Morgan fingerprint density at radius 3 is 2.61 bits per heavy atom. The first-order chi connectivity index (χ1) is 17.9. The fourth-order valence-corrected chi connectivity index (χ4v) is 4.89. The van der Waals surface area contributed by atoms with E-state index in [2.05, 4.69) is 28.9 Å². The maximum absolute atomic E-state index is 13.6. The van der Waals surface area contributed by atoms with E-state index in [1.54, 1.807) is 11.1 Å². The standard InChI is InChI=1S/C29H42N6O3/c1-9-32(8)18-23-16-24(10-11-25(23)34(15-13-31-7)22(3)21(2)17-30)35-14-12-29(26(35)36)19-33(20-29)27(37)38-28(4,5)6/h9-11,13,15-16,21-22,31H,1,12,14,18-20H2,2-8H3/b15-13-/t21?,22-/m0/s1. The topological polar surface area (TPSA) is 92.2 Å². The highest BCUT2D eigenvalue weighted by Gasteiger charge is 2.57. The van der Waals surface area contributed by atoms with Crippen LogP contribution in [0.25, 0.3) is 0 Å². The quantitative estimate of drug-likeness (QED) is 0.517. The molecule has 2 atom stereocenters. The third-order valence-electron chi connectivity index (χ3n) is 7.30. The van der Waals surface area contributed by atoms with Crippen molar-refractivity contribution >= 4 is 23.4 Å². The van der Waals surface area contributed by atoms with Crippen LogP contribution in [0.2, 0.25) is 0 Å². The van der Waals surface area contributed by atoms with Gasteiger partial charge in [-0.3, -0.25) is 4.79 Å². The minimum atomic E-state index is -0.568. The second kappa shape index (κ2) is 11.4. The molecular weight excluding hydrogens is 480 g/mol. The third kappa shape index (κ3) is 6.07. The Balaban J connectivity index is 1.88. The molecule has 0 radical (unpaired) electrons. The van der Waals surface area contributed by atoms with Crippen LogP contribution in [0.15, 0.2) is 43.4 Å². The summed E-state index contributed by atoms with van der Waals surface area (Å²) in [4.78, 5) is 33.6. The van der Waals surface area contributed by atoms with Crippen molar-refractivity contribution in [1.82, 2.24) is 15.1 Å². The maximum atomic E-state index is 13.6. The molecule has 1 spiro atoms. The average Bonchev–Trinajstić information content (AvgIpc) is 3.19. The number of amides is 2. The Kier molecular flexibility index (Phi) is 8.65. The average molecular weight is 523 g/mol. The first-order valence-corrected chi connectivity index (χ1v) is 13.1. The molecule has 0 saturated carbocycles. The number of carbonyl (C=O) groups excluding carboxylic acids is 2. The smallest absolute Gasteiger partial charge is 0.410 e. The summed E-state index contributed by atoms with van der Waals surface area (Å²) in [6.45, 7) is 15.3. The Bertz CT molecular complexity index is 1110. The molecule has 9 nitrogen and oxygen atoms in total. The third-order valence-corrected chi connectivity index (χ3v) is 7.30. The van der Waals surface area contributed by atoms with Gasteiger partial charge in [-0.15, -0.1) is 0 Å². The van der Waals surface area contributed by atoms with Crippen molar-refractivity contribution in [2.45, 2.75) is 59.2 Å². The Morgan fingerprint density at radius 2 is 2.03 bits per heavy atom. The molecule has 3 rings (SSSR count). The van der Waals surface area contributed by atoms with Gasteiger partial charge in [0.1, 0.15) is 5.60 Å². The molecule has 9 heteroatoms. The number of likely N-dealkylation sites (tertiary alicyclic amines) is 1. The molecule has 2 heterocycles. The van der Waals surface area contributed by atoms with Crippen LogP contribution < -0.4 is 15.1 Å². The summed E-state index contributed by atoms with van der Waals surface area (Å²) in [6, 6.07) is 8.33. The van der Waals surface area contributed by atoms with Crippen LogP contribution in [0, 0.1) is 22.7 Å². The monoisotopic (exact) mass is 522 g/mol. The number of nitrogens with zero attached hydrogens (tertiary/aromatic N) is 5. The molecule has 206 valence electrons. The lowest BCUT2D eigenvalue weighted by atomic mass is 9.78. The van der Waals surface area contributed by atoms with Gasteiger partial charge in [0.25, 0.3) is 0 Å². The van der Waals surface area contributed by atoms with E-state index in [-0.39, 0.29) is 24.0 Å². The van der Waals surface area contributed by atoms with Crippen molar-refractivity contribution in [1.29, 1.82) is 5.26 Å². The molecule has 2 saturated heterocycles. The van der Waals surface area contributed by atoms with E-state index in [1.807, 2.05) is 83.0 Å². The van der Waals surface area contributed by atoms with Gasteiger partial charge in [0, 0.05) is 70.1 Å². The van der Waals surface area contributed by atoms with Crippen LogP contribution in [-0.4, -0.2) is 67.2 Å². The highest BCUT2D eigenvalue weighted by Crippen LogP contribution is 2.43. The van der Waals surface area contributed by atoms with Crippen LogP contribution in [-0.2, 0) is 16.1 Å². The van der Waals surface area contributed by atoms with E-state index in [9.17, 15) is 14.9 Å². The lowest BCUT2D eigenvalue weighted by Crippen LogP contribution is -2.62. The van der Waals surface area contributed by atoms with Crippen molar-refractivity contribution < 1.29 is 14.3 Å². The second-order valence-corrected chi connectivity index (χ2v) is 11.4. The number of rotatable bonds is 9. The molecule has 0 aliphatic carbocycles. The zero-order chi connectivity index (χ0) is 28.3.